The third kappa shape index (κ3) is 6.33. The van der Waals surface area contributed by atoms with Gasteiger partial charge in [0.05, 0.1) is 42.7 Å². The summed E-state index contributed by atoms with van der Waals surface area (Å²) < 4.78 is 37.5. The first-order valence-electron chi connectivity index (χ1n) is 12.7. The smallest absolute Gasteiger partial charge is 0.347 e. The van der Waals surface area contributed by atoms with Crippen molar-refractivity contribution in [1.82, 2.24) is 0 Å². The van der Waals surface area contributed by atoms with Crippen molar-refractivity contribution < 1.29 is 42.7 Å². The van der Waals surface area contributed by atoms with Crippen LogP contribution >= 0.6 is 0 Å². The van der Waals surface area contributed by atoms with Crippen LogP contribution in [-0.4, -0.2) is 54.5 Å². The predicted octanol–water partition coefficient (Wildman–Crippen LogP) is 5.88. The molecule has 0 unspecified atom stereocenters. The second kappa shape index (κ2) is 13.3. The zero-order valence-corrected chi connectivity index (χ0v) is 24.1. The molecule has 0 saturated heterocycles. The first kappa shape index (κ1) is 29.6. The summed E-state index contributed by atoms with van der Waals surface area (Å²) in [6, 6.07) is 20.6. The van der Waals surface area contributed by atoms with Crippen molar-refractivity contribution in [2.24, 2.45) is 0 Å². The molecule has 1 N–H and O–H groups in total. The number of benzene rings is 4. The summed E-state index contributed by atoms with van der Waals surface area (Å²) in [5.41, 5.74) is 2.95. The molecule has 0 fully saturated rings. The molecule has 218 valence electrons. The van der Waals surface area contributed by atoms with Gasteiger partial charge in [0.15, 0.2) is 23.0 Å². The van der Waals surface area contributed by atoms with Gasteiger partial charge in [0, 0.05) is 23.4 Å². The van der Waals surface area contributed by atoms with Crippen LogP contribution in [0.25, 0.3) is 11.1 Å². The highest BCUT2D eigenvalue weighted by molar-refractivity contribution is 6.05. The molecule has 4 aromatic carbocycles. The van der Waals surface area contributed by atoms with Crippen LogP contribution < -0.4 is 38.5 Å². The van der Waals surface area contributed by atoms with Gasteiger partial charge in [0.2, 0.25) is 5.75 Å². The monoisotopic (exact) mass is 573 g/mol. The molecule has 0 radical (unpaired) electrons. The van der Waals surface area contributed by atoms with Crippen molar-refractivity contribution >= 4 is 17.6 Å². The van der Waals surface area contributed by atoms with Crippen molar-refractivity contribution in [1.29, 1.82) is 0 Å². The fourth-order valence-electron chi connectivity index (χ4n) is 4.23. The molecule has 0 spiro atoms. The summed E-state index contributed by atoms with van der Waals surface area (Å²) in [6.45, 7) is 0. The standard InChI is InChI=1S/C32H31NO9/c1-36-25-18-27(38-3)26(37-2)17-24(25)32(35)42-23-13-9-20(10-14-23)19-7-11-22(12-8-19)33-31(34)21-15-28(39-4)30(41-6)29(16-21)40-5/h7-18H,1-6H3,(H,33,34). The molecule has 0 aromatic heterocycles. The Bertz CT molecular complexity index is 1540. The van der Waals surface area contributed by atoms with Crippen LogP contribution in [0.4, 0.5) is 5.69 Å². The second-order valence-electron chi connectivity index (χ2n) is 8.77. The first-order valence-corrected chi connectivity index (χ1v) is 12.7. The van der Waals surface area contributed by atoms with E-state index in [0.717, 1.165) is 11.1 Å². The quantitative estimate of drug-likeness (QED) is 0.174. The zero-order chi connectivity index (χ0) is 30.2. The van der Waals surface area contributed by atoms with Crippen molar-refractivity contribution in [3.05, 3.63) is 83.9 Å². The Hall–Kier alpha value is -5.38. The average Bonchev–Trinajstić information content (AvgIpc) is 3.03. The summed E-state index contributed by atoms with van der Waals surface area (Å²) in [5.74, 6) is 1.70. The van der Waals surface area contributed by atoms with Gasteiger partial charge < -0.3 is 38.5 Å². The molecular weight excluding hydrogens is 542 g/mol. The van der Waals surface area contributed by atoms with Gasteiger partial charge in [-0.15, -0.1) is 0 Å². The fraction of sp³-hybridized carbons (Fsp3) is 0.188. The largest absolute Gasteiger partial charge is 0.496 e. The van der Waals surface area contributed by atoms with Crippen LogP contribution in [0.1, 0.15) is 20.7 Å². The fourth-order valence-corrected chi connectivity index (χ4v) is 4.23. The Morgan fingerprint density at radius 1 is 0.548 bits per heavy atom. The Morgan fingerprint density at radius 2 is 1.05 bits per heavy atom. The number of carbonyl (C=O) groups excluding carboxylic acids is 2. The molecule has 0 aliphatic rings. The average molecular weight is 574 g/mol. The minimum atomic E-state index is -0.604. The Kier molecular flexibility index (Phi) is 9.39. The normalized spacial score (nSPS) is 10.3. The van der Waals surface area contributed by atoms with Crippen LogP contribution in [-0.2, 0) is 0 Å². The molecular formula is C32H31NO9. The minimum Gasteiger partial charge on any atom is -0.496 e. The van der Waals surface area contributed by atoms with E-state index in [1.807, 2.05) is 24.3 Å². The SMILES string of the molecule is COc1cc(OC)c(C(=O)Oc2ccc(-c3ccc(NC(=O)c4cc(OC)c(OC)c(OC)c4)cc3)cc2)cc1OC. The molecule has 42 heavy (non-hydrogen) atoms. The number of esters is 1. The maximum absolute atomic E-state index is 12.9. The van der Waals surface area contributed by atoms with Gasteiger partial charge in [0.1, 0.15) is 17.1 Å². The lowest BCUT2D eigenvalue weighted by atomic mass is 10.1. The molecule has 4 rings (SSSR count). The van der Waals surface area contributed by atoms with E-state index in [4.69, 9.17) is 33.2 Å². The number of anilines is 1. The molecule has 10 heteroatoms. The molecule has 4 aromatic rings. The third-order valence-corrected chi connectivity index (χ3v) is 6.39. The number of amides is 1. The third-order valence-electron chi connectivity index (χ3n) is 6.39. The number of methoxy groups -OCH3 is 6. The van der Waals surface area contributed by atoms with E-state index < -0.39 is 5.97 Å². The van der Waals surface area contributed by atoms with E-state index in [1.165, 1.54) is 48.7 Å². The lowest BCUT2D eigenvalue weighted by molar-refractivity contribution is 0.0730. The number of carbonyl (C=O) groups is 2. The predicted molar refractivity (Wildman–Crippen MR) is 157 cm³/mol. The number of hydrogen-bond donors (Lipinski definition) is 1. The van der Waals surface area contributed by atoms with Crippen molar-refractivity contribution in [2.75, 3.05) is 48.0 Å². The first-order chi connectivity index (χ1) is 20.3. The highest BCUT2D eigenvalue weighted by Gasteiger charge is 2.20. The van der Waals surface area contributed by atoms with Gasteiger partial charge in [-0.25, -0.2) is 4.79 Å². The number of ether oxygens (including phenoxy) is 7. The maximum atomic E-state index is 12.9. The Labute approximate surface area is 243 Å². The lowest BCUT2D eigenvalue weighted by Crippen LogP contribution is -2.12. The second-order valence-corrected chi connectivity index (χ2v) is 8.77. The molecule has 0 heterocycles. The van der Waals surface area contributed by atoms with E-state index in [1.54, 1.807) is 42.5 Å². The van der Waals surface area contributed by atoms with E-state index in [9.17, 15) is 9.59 Å². The van der Waals surface area contributed by atoms with Gasteiger partial charge >= 0.3 is 5.97 Å². The highest BCUT2D eigenvalue weighted by atomic mass is 16.5. The van der Waals surface area contributed by atoms with Crippen LogP contribution in [0.15, 0.2) is 72.8 Å². The van der Waals surface area contributed by atoms with E-state index >= 15 is 0 Å². The maximum Gasteiger partial charge on any atom is 0.347 e. The topological polar surface area (TPSA) is 111 Å². The van der Waals surface area contributed by atoms with Gasteiger partial charge in [-0.05, 0) is 47.5 Å². The van der Waals surface area contributed by atoms with Crippen LogP contribution in [0.2, 0.25) is 0 Å². The summed E-state index contributed by atoms with van der Waals surface area (Å²) in [4.78, 5) is 25.8. The highest BCUT2D eigenvalue weighted by Crippen LogP contribution is 2.38. The van der Waals surface area contributed by atoms with Crippen LogP contribution in [0, 0.1) is 0 Å². The number of nitrogens with one attached hydrogen (secondary N) is 1. The molecule has 10 nitrogen and oxygen atoms in total. The minimum absolute atomic E-state index is 0.198. The zero-order valence-electron chi connectivity index (χ0n) is 24.1. The summed E-state index contributed by atoms with van der Waals surface area (Å²) in [5, 5.41) is 2.87. The van der Waals surface area contributed by atoms with E-state index in [0.29, 0.717) is 51.5 Å². The summed E-state index contributed by atoms with van der Waals surface area (Å²) in [7, 11) is 8.91. The number of hydrogen-bond acceptors (Lipinski definition) is 9. The van der Waals surface area contributed by atoms with Gasteiger partial charge in [-0.1, -0.05) is 24.3 Å². The summed E-state index contributed by atoms with van der Waals surface area (Å²) in [6.07, 6.45) is 0. The molecule has 0 aliphatic carbocycles. The number of rotatable bonds is 11. The van der Waals surface area contributed by atoms with Gasteiger partial charge in [-0.2, -0.15) is 0 Å². The van der Waals surface area contributed by atoms with Crippen molar-refractivity contribution in [3.8, 4) is 51.4 Å². The molecule has 0 bridgehead atoms. The van der Waals surface area contributed by atoms with Gasteiger partial charge in [0.25, 0.3) is 5.91 Å². The molecule has 1 amide bonds. The van der Waals surface area contributed by atoms with Crippen LogP contribution in [0.3, 0.4) is 0 Å². The lowest BCUT2D eigenvalue weighted by Gasteiger charge is -2.14. The molecule has 0 atom stereocenters. The van der Waals surface area contributed by atoms with Crippen molar-refractivity contribution in [2.45, 2.75) is 0 Å². The molecule has 0 saturated carbocycles. The van der Waals surface area contributed by atoms with Gasteiger partial charge in [-0.3, -0.25) is 4.79 Å². The van der Waals surface area contributed by atoms with Crippen molar-refractivity contribution in [3.63, 3.8) is 0 Å². The Balaban J connectivity index is 1.45. The van der Waals surface area contributed by atoms with Crippen LogP contribution in [0.5, 0.6) is 40.2 Å². The van der Waals surface area contributed by atoms with E-state index in [2.05, 4.69) is 5.32 Å². The summed E-state index contributed by atoms with van der Waals surface area (Å²) >= 11 is 0. The molecule has 0 aliphatic heterocycles. The Morgan fingerprint density at radius 3 is 1.55 bits per heavy atom. The van der Waals surface area contributed by atoms with E-state index in [-0.39, 0.29) is 11.5 Å².